The van der Waals surface area contributed by atoms with E-state index in [2.05, 4.69) is 4.98 Å². The Labute approximate surface area is 117 Å². The third kappa shape index (κ3) is 2.82. The van der Waals surface area contributed by atoms with Gasteiger partial charge in [-0.2, -0.15) is 4.39 Å². The van der Waals surface area contributed by atoms with Crippen LogP contribution in [0.25, 0.3) is 0 Å². The summed E-state index contributed by atoms with van der Waals surface area (Å²) in [7, 11) is 0. The van der Waals surface area contributed by atoms with Crippen molar-refractivity contribution in [2.75, 3.05) is 6.61 Å². The summed E-state index contributed by atoms with van der Waals surface area (Å²) in [5, 5.41) is 0. The fourth-order valence-corrected chi connectivity index (χ4v) is 2.33. The molecule has 0 atom stereocenters. The van der Waals surface area contributed by atoms with E-state index in [1.807, 2.05) is 22.6 Å². The van der Waals surface area contributed by atoms with Crippen LogP contribution in [0.3, 0.4) is 0 Å². The van der Waals surface area contributed by atoms with E-state index < -0.39 is 17.6 Å². The second-order valence-corrected chi connectivity index (χ2v) is 5.32. The predicted molar refractivity (Wildman–Crippen MR) is 69.7 cm³/mol. The Hall–Kier alpha value is -1.12. The quantitative estimate of drug-likeness (QED) is 0.655. The monoisotopic (exact) mass is 366 g/mol. The van der Waals surface area contributed by atoms with Crippen molar-refractivity contribution in [2.45, 2.75) is 24.9 Å². The van der Waals surface area contributed by atoms with Crippen molar-refractivity contribution < 1.29 is 18.7 Å². The Kier molecular flexibility index (Phi) is 3.88. The second kappa shape index (κ2) is 5.25. The first-order chi connectivity index (χ1) is 8.52. The molecule has 1 aromatic rings. The molecule has 1 heterocycles. The number of rotatable bonds is 4. The van der Waals surface area contributed by atoms with E-state index in [-0.39, 0.29) is 12.4 Å². The molecule has 1 amide bonds. The zero-order valence-corrected chi connectivity index (χ0v) is 11.6. The number of carbonyl (C=O) groups excluding carboxylic acids is 1. The lowest BCUT2D eigenvalue weighted by Crippen LogP contribution is -2.48. The van der Waals surface area contributed by atoms with Crippen LogP contribution in [0.5, 0.6) is 5.75 Å². The molecule has 1 fully saturated rings. The summed E-state index contributed by atoms with van der Waals surface area (Å²) in [6.07, 6.45) is 2.81. The lowest BCUT2D eigenvalue weighted by Gasteiger charge is -2.39. The molecule has 1 aromatic heterocycles. The topological polar surface area (TPSA) is 74.4 Å². The molecule has 0 radical (unpaired) electrons. The van der Waals surface area contributed by atoms with Crippen molar-refractivity contribution in [2.24, 2.45) is 5.73 Å². The first-order valence-electron chi connectivity index (χ1n) is 5.44. The van der Waals surface area contributed by atoms with Crippen LogP contribution < -0.4 is 10.5 Å². The number of amides is 1. The highest BCUT2D eigenvalue weighted by molar-refractivity contribution is 14.1. The largest absolute Gasteiger partial charge is 0.484 e. The van der Waals surface area contributed by atoms with Gasteiger partial charge in [0.25, 0.3) is 5.95 Å². The maximum Gasteiger partial charge on any atom is 0.405 e. The lowest BCUT2D eigenvalue weighted by molar-refractivity contribution is -0.0733. The van der Waals surface area contributed by atoms with E-state index >= 15 is 0 Å². The van der Waals surface area contributed by atoms with Crippen LogP contribution >= 0.6 is 22.6 Å². The highest BCUT2D eigenvalue weighted by Crippen LogP contribution is 2.36. The molecule has 0 aromatic carbocycles. The van der Waals surface area contributed by atoms with E-state index in [0.29, 0.717) is 16.4 Å². The molecule has 2 N–H and O–H groups in total. The average Bonchev–Trinajstić information content (AvgIpc) is 2.24. The molecule has 7 heteroatoms. The van der Waals surface area contributed by atoms with E-state index in [1.54, 1.807) is 6.07 Å². The summed E-state index contributed by atoms with van der Waals surface area (Å²) in [6, 6.07) is 1.64. The van der Waals surface area contributed by atoms with Gasteiger partial charge in [-0.1, -0.05) is 0 Å². The first kappa shape index (κ1) is 13.3. The van der Waals surface area contributed by atoms with E-state index in [4.69, 9.17) is 15.2 Å². The minimum absolute atomic E-state index is 0.0810. The minimum atomic E-state index is -0.834. The van der Waals surface area contributed by atoms with Crippen molar-refractivity contribution in [1.82, 2.24) is 4.98 Å². The summed E-state index contributed by atoms with van der Waals surface area (Å²) in [5.41, 5.74) is 4.30. The van der Waals surface area contributed by atoms with Gasteiger partial charge in [0.2, 0.25) is 0 Å². The standard InChI is InChI=1S/C11H12FIN2O3/c12-9-8(7(13)2-5-15-9)17-6-11(3-1-4-11)18-10(14)16/h2,5H,1,3-4,6H2,(H2,14,16). The van der Waals surface area contributed by atoms with Gasteiger partial charge in [-0.15, -0.1) is 0 Å². The van der Waals surface area contributed by atoms with Gasteiger partial charge in [0, 0.05) is 6.20 Å². The second-order valence-electron chi connectivity index (χ2n) is 4.16. The fraction of sp³-hybridized carbons (Fsp3) is 0.455. The number of nitrogens with zero attached hydrogens (tertiary/aromatic N) is 1. The number of hydrogen-bond donors (Lipinski definition) is 1. The Morgan fingerprint density at radius 2 is 2.33 bits per heavy atom. The van der Waals surface area contributed by atoms with Gasteiger partial charge in [0.1, 0.15) is 12.2 Å². The van der Waals surface area contributed by atoms with Crippen molar-refractivity contribution in [3.05, 3.63) is 21.8 Å². The molecule has 0 unspecified atom stereocenters. The summed E-state index contributed by atoms with van der Waals surface area (Å²) < 4.78 is 24.5. The molecule has 18 heavy (non-hydrogen) atoms. The van der Waals surface area contributed by atoms with Crippen molar-refractivity contribution in [1.29, 1.82) is 0 Å². The third-order valence-electron chi connectivity index (χ3n) is 2.87. The number of halogens is 2. The van der Waals surface area contributed by atoms with Gasteiger partial charge in [-0.05, 0) is 47.9 Å². The molecule has 0 spiro atoms. The zero-order chi connectivity index (χ0) is 13.2. The number of carbonyl (C=O) groups is 1. The van der Waals surface area contributed by atoms with Crippen molar-refractivity contribution in [3.63, 3.8) is 0 Å². The molecule has 1 aliphatic rings. The molecular formula is C11H12FIN2O3. The Bertz CT molecular complexity index is 445. The van der Waals surface area contributed by atoms with Crippen LogP contribution in [-0.4, -0.2) is 23.3 Å². The minimum Gasteiger partial charge on any atom is -0.484 e. The smallest absolute Gasteiger partial charge is 0.405 e. The van der Waals surface area contributed by atoms with Gasteiger partial charge in [-0.25, -0.2) is 9.78 Å². The SMILES string of the molecule is NC(=O)OC1(COc2c(I)ccnc2F)CCC1. The van der Waals surface area contributed by atoms with Crippen LogP contribution in [0.1, 0.15) is 19.3 Å². The van der Waals surface area contributed by atoms with Gasteiger partial charge in [0.05, 0.1) is 3.57 Å². The number of primary amides is 1. The van der Waals surface area contributed by atoms with E-state index in [1.165, 1.54) is 6.20 Å². The summed E-state index contributed by atoms with van der Waals surface area (Å²) >= 11 is 1.96. The van der Waals surface area contributed by atoms with Crippen LogP contribution in [0, 0.1) is 9.52 Å². The molecule has 0 saturated heterocycles. The van der Waals surface area contributed by atoms with Gasteiger partial charge < -0.3 is 15.2 Å². The summed E-state index contributed by atoms with van der Waals surface area (Å²) in [4.78, 5) is 14.3. The number of ether oxygens (including phenoxy) is 2. The molecule has 0 bridgehead atoms. The summed E-state index contributed by atoms with van der Waals surface area (Å²) in [5.74, 6) is -0.590. The number of nitrogens with two attached hydrogens (primary N) is 1. The van der Waals surface area contributed by atoms with Crippen LogP contribution in [-0.2, 0) is 4.74 Å². The van der Waals surface area contributed by atoms with E-state index in [9.17, 15) is 9.18 Å². The van der Waals surface area contributed by atoms with Crippen LogP contribution in [0.4, 0.5) is 9.18 Å². The third-order valence-corrected chi connectivity index (χ3v) is 3.72. The molecular weight excluding hydrogens is 354 g/mol. The number of hydrogen-bond acceptors (Lipinski definition) is 4. The van der Waals surface area contributed by atoms with Crippen LogP contribution in [0.2, 0.25) is 0 Å². The van der Waals surface area contributed by atoms with Crippen molar-refractivity contribution >= 4 is 28.7 Å². The number of pyridine rings is 1. The average molecular weight is 366 g/mol. The first-order valence-corrected chi connectivity index (χ1v) is 6.52. The molecule has 2 rings (SSSR count). The van der Waals surface area contributed by atoms with E-state index in [0.717, 1.165) is 6.42 Å². The Balaban J connectivity index is 2.04. The highest BCUT2D eigenvalue weighted by atomic mass is 127. The maximum atomic E-state index is 13.4. The maximum absolute atomic E-state index is 13.4. The molecule has 5 nitrogen and oxygen atoms in total. The van der Waals surface area contributed by atoms with Gasteiger partial charge >= 0.3 is 6.09 Å². The Morgan fingerprint density at radius 3 is 2.83 bits per heavy atom. The molecule has 1 aliphatic carbocycles. The Morgan fingerprint density at radius 1 is 1.61 bits per heavy atom. The fourth-order valence-electron chi connectivity index (χ4n) is 1.79. The lowest BCUT2D eigenvalue weighted by atomic mass is 9.81. The normalized spacial score (nSPS) is 16.8. The molecule has 1 saturated carbocycles. The molecule has 98 valence electrons. The van der Waals surface area contributed by atoms with Gasteiger partial charge in [-0.3, -0.25) is 0 Å². The zero-order valence-electron chi connectivity index (χ0n) is 9.49. The van der Waals surface area contributed by atoms with Crippen molar-refractivity contribution in [3.8, 4) is 5.75 Å². The molecule has 0 aliphatic heterocycles. The number of aromatic nitrogens is 1. The highest BCUT2D eigenvalue weighted by Gasteiger charge is 2.42. The predicted octanol–water partition coefficient (Wildman–Crippen LogP) is 2.22. The van der Waals surface area contributed by atoms with Crippen LogP contribution in [0.15, 0.2) is 12.3 Å². The van der Waals surface area contributed by atoms with Gasteiger partial charge in [0.15, 0.2) is 5.75 Å². The summed E-state index contributed by atoms with van der Waals surface area (Å²) in [6.45, 7) is 0.0918.